The Morgan fingerprint density at radius 1 is 1.38 bits per heavy atom. The summed E-state index contributed by atoms with van der Waals surface area (Å²) in [6, 6.07) is 6.17. The molecule has 1 aromatic rings. The van der Waals surface area contributed by atoms with Gasteiger partial charge in [0.1, 0.15) is 11.6 Å². The lowest BCUT2D eigenvalue weighted by atomic mass is 9.90. The molecule has 1 aliphatic rings. The molecule has 2 unspecified atom stereocenters. The van der Waals surface area contributed by atoms with Crippen molar-refractivity contribution in [1.82, 2.24) is 5.32 Å². The Bertz CT molecular complexity index is 374. The molecule has 1 heterocycles. The van der Waals surface area contributed by atoms with Crippen LogP contribution in [0.5, 0.6) is 0 Å². The van der Waals surface area contributed by atoms with E-state index in [0.717, 1.165) is 18.7 Å². The highest BCUT2D eigenvalue weighted by molar-refractivity contribution is 5.84. The van der Waals surface area contributed by atoms with Crippen molar-refractivity contribution in [2.24, 2.45) is 11.8 Å². The van der Waals surface area contributed by atoms with Crippen LogP contribution in [0.2, 0.25) is 0 Å². The molecule has 1 N–H and O–H groups in total. The van der Waals surface area contributed by atoms with E-state index in [0.29, 0.717) is 12.3 Å². The van der Waals surface area contributed by atoms with Gasteiger partial charge in [0.05, 0.1) is 0 Å². The highest BCUT2D eigenvalue weighted by Crippen LogP contribution is 2.19. The van der Waals surface area contributed by atoms with Crippen LogP contribution in [-0.4, -0.2) is 18.9 Å². The molecule has 86 valence electrons. The van der Waals surface area contributed by atoms with Gasteiger partial charge >= 0.3 is 0 Å². The molecule has 2 nitrogen and oxygen atoms in total. The molecule has 1 saturated heterocycles. The fraction of sp³-hybridized carbons (Fsp3) is 0.462. The molecule has 16 heavy (non-hydrogen) atoms. The van der Waals surface area contributed by atoms with Crippen LogP contribution in [0.15, 0.2) is 24.3 Å². The van der Waals surface area contributed by atoms with Crippen LogP contribution in [-0.2, 0) is 11.2 Å². The molecule has 0 bridgehead atoms. The molecule has 3 heteroatoms. The first-order valence-electron chi connectivity index (χ1n) is 5.64. The number of nitrogens with one attached hydrogen (secondary N) is 1. The minimum Gasteiger partial charge on any atom is -0.316 e. The van der Waals surface area contributed by atoms with Crippen molar-refractivity contribution >= 4 is 5.78 Å². The van der Waals surface area contributed by atoms with E-state index in [-0.39, 0.29) is 17.5 Å². The Morgan fingerprint density at radius 3 is 2.62 bits per heavy atom. The smallest absolute Gasteiger partial charge is 0.141 e. The van der Waals surface area contributed by atoms with Crippen molar-refractivity contribution in [1.29, 1.82) is 0 Å². The zero-order valence-electron chi connectivity index (χ0n) is 9.37. The first kappa shape index (κ1) is 11.3. The lowest BCUT2D eigenvalue weighted by Gasteiger charge is -2.12. The number of Topliss-reactive ketones (excluding diaryl/α,β-unsaturated/α-hetero) is 1. The Labute approximate surface area is 94.9 Å². The predicted octanol–water partition coefficient (Wildman–Crippen LogP) is 1.79. The van der Waals surface area contributed by atoms with Crippen LogP contribution >= 0.6 is 0 Å². The van der Waals surface area contributed by atoms with Crippen molar-refractivity contribution in [3.8, 4) is 0 Å². The van der Waals surface area contributed by atoms with E-state index < -0.39 is 0 Å². The van der Waals surface area contributed by atoms with Crippen LogP contribution in [0.4, 0.5) is 4.39 Å². The number of benzene rings is 1. The quantitative estimate of drug-likeness (QED) is 0.843. The molecule has 0 saturated carbocycles. The third-order valence-corrected chi connectivity index (χ3v) is 3.22. The number of carbonyl (C=O) groups is 1. The highest BCUT2D eigenvalue weighted by atomic mass is 19.1. The third kappa shape index (κ3) is 2.47. The molecule has 0 spiro atoms. The van der Waals surface area contributed by atoms with E-state index in [4.69, 9.17) is 0 Å². The molecular formula is C13H16FNO. The van der Waals surface area contributed by atoms with Gasteiger partial charge in [-0.1, -0.05) is 19.1 Å². The van der Waals surface area contributed by atoms with Crippen LogP contribution in [0.25, 0.3) is 0 Å². The largest absolute Gasteiger partial charge is 0.316 e. The molecule has 1 fully saturated rings. The van der Waals surface area contributed by atoms with E-state index in [1.54, 1.807) is 12.1 Å². The lowest BCUT2D eigenvalue weighted by molar-refractivity contribution is -0.122. The highest BCUT2D eigenvalue weighted by Gasteiger charge is 2.28. The normalized spacial score (nSPS) is 24.6. The molecule has 0 aromatic heterocycles. The summed E-state index contributed by atoms with van der Waals surface area (Å²) >= 11 is 0. The van der Waals surface area contributed by atoms with Crippen molar-refractivity contribution in [2.45, 2.75) is 13.3 Å². The topological polar surface area (TPSA) is 29.1 Å². The average molecular weight is 221 g/mol. The van der Waals surface area contributed by atoms with Gasteiger partial charge in [0.25, 0.3) is 0 Å². The maximum Gasteiger partial charge on any atom is 0.141 e. The van der Waals surface area contributed by atoms with Gasteiger partial charge in [-0.15, -0.1) is 0 Å². The summed E-state index contributed by atoms with van der Waals surface area (Å²) in [5, 5.41) is 3.22. The molecule has 2 rings (SSSR count). The van der Waals surface area contributed by atoms with Crippen LogP contribution in [0.1, 0.15) is 12.5 Å². The maximum absolute atomic E-state index is 12.7. The number of rotatable bonds is 3. The second-order valence-electron chi connectivity index (χ2n) is 4.51. The first-order valence-corrected chi connectivity index (χ1v) is 5.64. The Morgan fingerprint density at radius 2 is 2.06 bits per heavy atom. The summed E-state index contributed by atoms with van der Waals surface area (Å²) in [5.41, 5.74) is 0.894. The number of carbonyl (C=O) groups excluding carboxylic acids is 1. The molecule has 0 amide bonds. The number of hydrogen-bond acceptors (Lipinski definition) is 2. The maximum atomic E-state index is 12.7. The van der Waals surface area contributed by atoms with E-state index in [1.165, 1.54) is 12.1 Å². The van der Waals surface area contributed by atoms with Gasteiger partial charge in [0.2, 0.25) is 0 Å². The summed E-state index contributed by atoms with van der Waals surface area (Å²) in [4.78, 5) is 12.0. The third-order valence-electron chi connectivity index (χ3n) is 3.22. The van der Waals surface area contributed by atoms with E-state index in [2.05, 4.69) is 12.2 Å². The van der Waals surface area contributed by atoms with Crippen molar-refractivity contribution in [3.63, 3.8) is 0 Å². The number of ketones is 1. The van der Waals surface area contributed by atoms with Crippen molar-refractivity contribution < 1.29 is 9.18 Å². The van der Waals surface area contributed by atoms with Gasteiger partial charge in [0, 0.05) is 18.9 Å². The molecule has 1 aromatic carbocycles. The van der Waals surface area contributed by atoms with Gasteiger partial charge in [-0.25, -0.2) is 4.39 Å². The van der Waals surface area contributed by atoms with Gasteiger partial charge < -0.3 is 5.32 Å². The standard InChI is InChI=1S/C13H16FNO/c1-9-7-15-8-12(9)13(16)6-10-2-4-11(14)5-3-10/h2-5,9,12,15H,6-8H2,1H3. The average Bonchev–Trinajstić information content (AvgIpc) is 2.68. The van der Waals surface area contributed by atoms with E-state index in [9.17, 15) is 9.18 Å². The molecule has 0 radical (unpaired) electrons. The lowest BCUT2D eigenvalue weighted by Crippen LogP contribution is -2.23. The van der Waals surface area contributed by atoms with Crippen LogP contribution in [0.3, 0.4) is 0 Å². The Hall–Kier alpha value is -1.22. The van der Waals surface area contributed by atoms with Gasteiger partial charge in [-0.2, -0.15) is 0 Å². The SMILES string of the molecule is CC1CNCC1C(=O)Cc1ccc(F)cc1. The molecule has 0 aliphatic carbocycles. The predicted molar refractivity (Wildman–Crippen MR) is 60.6 cm³/mol. The first-order chi connectivity index (χ1) is 7.66. The molecule has 2 atom stereocenters. The Kier molecular flexibility index (Phi) is 3.34. The van der Waals surface area contributed by atoms with E-state index >= 15 is 0 Å². The zero-order chi connectivity index (χ0) is 11.5. The van der Waals surface area contributed by atoms with Crippen LogP contribution < -0.4 is 5.32 Å². The fourth-order valence-corrected chi connectivity index (χ4v) is 2.18. The van der Waals surface area contributed by atoms with E-state index in [1.807, 2.05) is 0 Å². The summed E-state index contributed by atoms with van der Waals surface area (Å²) in [7, 11) is 0. The molecule has 1 aliphatic heterocycles. The minimum absolute atomic E-state index is 0.116. The van der Waals surface area contributed by atoms with Crippen molar-refractivity contribution in [2.75, 3.05) is 13.1 Å². The summed E-state index contributed by atoms with van der Waals surface area (Å²) in [6.07, 6.45) is 0.414. The van der Waals surface area contributed by atoms with Gasteiger partial charge in [0.15, 0.2) is 0 Å². The summed E-state index contributed by atoms with van der Waals surface area (Å²) in [5.74, 6) is 0.522. The second-order valence-corrected chi connectivity index (χ2v) is 4.51. The Balaban J connectivity index is 1.99. The number of halogens is 1. The zero-order valence-corrected chi connectivity index (χ0v) is 9.37. The summed E-state index contributed by atoms with van der Waals surface area (Å²) < 4.78 is 12.7. The fourth-order valence-electron chi connectivity index (χ4n) is 2.18. The van der Waals surface area contributed by atoms with Crippen molar-refractivity contribution in [3.05, 3.63) is 35.6 Å². The minimum atomic E-state index is -0.257. The molecular weight excluding hydrogens is 205 g/mol. The second kappa shape index (κ2) is 4.74. The van der Waals surface area contributed by atoms with Gasteiger partial charge in [-0.05, 0) is 30.2 Å². The van der Waals surface area contributed by atoms with Crippen LogP contribution in [0, 0.1) is 17.7 Å². The monoisotopic (exact) mass is 221 g/mol. The van der Waals surface area contributed by atoms with Gasteiger partial charge in [-0.3, -0.25) is 4.79 Å². The summed E-state index contributed by atoms with van der Waals surface area (Å²) in [6.45, 7) is 3.79. The number of hydrogen-bond donors (Lipinski definition) is 1.